The highest BCUT2D eigenvalue weighted by molar-refractivity contribution is 7.16. The first-order chi connectivity index (χ1) is 21.8. The van der Waals surface area contributed by atoms with Gasteiger partial charge in [0.25, 0.3) is 5.91 Å². The van der Waals surface area contributed by atoms with Gasteiger partial charge in [-0.2, -0.15) is 5.26 Å². The molecule has 0 radical (unpaired) electrons. The molecule has 1 aliphatic heterocycles. The molecule has 0 aliphatic carbocycles. The molecule has 45 heavy (non-hydrogen) atoms. The van der Waals surface area contributed by atoms with Gasteiger partial charge in [0, 0.05) is 39.8 Å². The molecule has 10 heteroatoms. The van der Waals surface area contributed by atoms with Crippen LogP contribution in [0.5, 0.6) is 0 Å². The highest BCUT2D eigenvalue weighted by Crippen LogP contribution is 2.44. The van der Waals surface area contributed by atoms with Crippen LogP contribution in [0.4, 0.5) is 20.2 Å². The van der Waals surface area contributed by atoms with Gasteiger partial charge in [0.05, 0.1) is 39.8 Å². The second kappa shape index (κ2) is 11.1. The van der Waals surface area contributed by atoms with Gasteiger partial charge in [-0.3, -0.25) is 4.79 Å². The summed E-state index contributed by atoms with van der Waals surface area (Å²) < 4.78 is 28.5. The molecule has 7 nitrogen and oxygen atoms in total. The second-order valence-electron chi connectivity index (χ2n) is 10.7. The van der Waals surface area contributed by atoms with Crippen molar-refractivity contribution in [3.8, 4) is 27.8 Å². The molecule has 0 atom stereocenters. The molecular formula is C35H24F2N6OS. The van der Waals surface area contributed by atoms with Crippen molar-refractivity contribution in [1.29, 1.82) is 5.26 Å². The van der Waals surface area contributed by atoms with E-state index in [1.54, 1.807) is 47.5 Å². The van der Waals surface area contributed by atoms with Crippen LogP contribution in [0, 0.1) is 29.9 Å². The maximum atomic E-state index is 14.5. The van der Waals surface area contributed by atoms with Crippen LogP contribution in [0.1, 0.15) is 32.1 Å². The van der Waals surface area contributed by atoms with E-state index in [9.17, 15) is 18.8 Å². The number of thiophene rings is 1. The fourth-order valence-corrected chi connectivity index (χ4v) is 6.78. The summed E-state index contributed by atoms with van der Waals surface area (Å²) in [5.41, 5.74) is 6.40. The summed E-state index contributed by atoms with van der Waals surface area (Å²) in [5.74, 6) is -1.15. The monoisotopic (exact) mass is 614 g/mol. The van der Waals surface area contributed by atoms with Crippen molar-refractivity contribution in [2.45, 2.75) is 13.3 Å². The lowest BCUT2D eigenvalue weighted by molar-refractivity contribution is 0.0983. The zero-order chi connectivity index (χ0) is 31.2. The van der Waals surface area contributed by atoms with E-state index in [4.69, 9.17) is 0 Å². The molecule has 4 aromatic heterocycles. The fraction of sp³-hybridized carbons (Fsp3) is 0.0857. The van der Waals surface area contributed by atoms with Crippen LogP contribution in [0.15, 0.2) is 85.7 Å². The van der Waals surface area contributed by atoms with Crippen LogP contribution in [0.25, 0.3) is 38.4 Å². The maximum absolute atomic E-state index is 14.5. The number of nitrogens with zero attached hydrogens (tertiary/aromatic N) is 4. The molecule has 0 spiro atoms. The number of nitrogens with one attached hydrogen (secondary N) is 2. The molecule has 5 heterocycles. The Morgan fingerprint density at radius 1 is 1.11 bits per heavy atom. The average Bonchev–Trinajstić information content (AvgIpc) is 3.63. The third-order valence-corrected chi connectivity index (χ3v) is 9.13. The summed E-state index contributed by atoms with van der Waals surface area (Å²) in [6.07, 6.45) is 3.37. The van der Waals surface area contributed by atoms with E-state index in [1.807, 2.05) is 25.1 Å². The zero-order valence-corrected chi connectivity index (χ0v) is 24.8. The number of amides is 1. The molecule has 7 rings (SSSR count). The smallest absolute Gasteiger partial charge is 0.276 e. The second-order valence-corrected chi connectivity index (χ2v) is 11.8. The number of hydrogen-bond donors (Lipinski definition) is 2. The quantitative estimate of drug-likeness (QED) is 0.205. The SMILES string of the molecule is C=C(Nc1c(C)cccc1F)c1cc2c(s1)-c1ccc(C#N)cc1N(C(=O)c1cccc(-c3c[nH]c4ncc(F)cc34)n1)CC2. The Kier molecular flexibility index (Phi) is 6.95. The van der Waals surface area contributed by atoms with Gasteiger partial charge in [0.15, 0.2) is 0 Å². The van der Waals surface area contributed by atoms with Crippen molar-refractivity contribution < 1.29 is 13.6 Å². The van der Waals surface area contributed by atoms with E-state index in [2.05, 4.69) is 32.9 Å². The zero-order valence-electron chi connectivity index (χ0n) is 24.0. The van der Waals surface area contributed by atoms with Crippen molar-refractivity contribution in [1.82, 2.24) is 15.0 Å². The number of aromatic amines is 1. The van der Waals surface area contributed by atoms with Crippen LogP contribution < -0.4 is 10.2 Å². The van der Waals surface area contributed by atoms with Crippen LogP contribution >= 0.6 is 11.3 Å². The first-order valence-corrected chi connectivity index (χ1v) is 14.9. The van der Waals surface area contributed by atoms with E-state index in [1.165, 1.54) is 23.5 Å². The van der Waals surface area contributed by atoms with Crippen LogP contribution in [-0.2, 0) is 6.42 Å². The Morgan fingerprint density at radius 3 is 2.78 bits per heavy atom. The topological polar surface area (TPSA) is 97.7 Å². The Balaban J connectivity index is 1.24. The lowest BCUT2D eigenvalue weighted by Crippen LogP contribution is -2.33. The number of pyridine rings is 2. The minimum absolute atomic E-state index is 0.211. The summed E-state index contributed by atoms with van der Waals surface area (Å²) >= 11 is 1.50. The van der Waals surface area contributed by atoms with Crippen molar-refractivity contribution in [2.75, 3.05) is 16.8 Å². The average molecular weight is 615 g/mol. The van der Waals surface area contributed by atoms with Gasteiger partial charge >= 0.3 is 0 Å². The number of benzene rings is 2. The third-order valence-electron chi connectivity index (χ3n) is 7.86. The van der Waals surface area contributed by atoms with Gasteiger partial charge in [-0.15, -0.1) is 11.3 Å². The summed E-state index contributed by atoms with van der Waals surface area (Å²) in [5, 5.41) is 13.4. The van der Waals surface area contributed by atoms with Gasteiger partial charge in [-0.1, -0.05) is 30.8 Å². The Hall–Kier alpha value is -5.66. The minimum Gasteiger partial charge on any atom is -0.352 e. The summed E-state index contributed by atoms with van der Waals surface area (Å²) in [4.78, 5) is 29.3. The van der Waals surface area contributed by atoms with Crippen molar-refractivity contribution in [3.05, 3.63) is 125 Å². The predicted molar refractivity (Wildman–Crippen MR) is 173 cm³/mol. The van der Waals surface area contributed by atoms with Crippen LogP contribution in [0.2, 0.25) is 0 Å². The molecular weight excluding hydrogens is 590 g/mol. The number of anilines is 2. The lowest BCUT2D eigenvalue weighted by atomic mass is 10.0. The number of carbonyl (C=O) groups is 1. The Bertz CT molecular complexity index is 2190. The van der Waals surface area contributed by atoms with E-state index in [0.29, 0.717) is 57.9 Å². The molecule has 2 aromatic carbocycles. The van der Waals surface area contributed by atoms with Gasteiger partial charge in [-0.05, 0) is 66.9 Å². The number of aromatic nitrogens is 3. The number of hydrogen-bond acceptors (Lipinski definition) is 6. The van der Waals surface area contributed by atoms with E-state index < -0.39 is 5.82 Å². The molecule has 6 aromatic rings. The van der Waals surface area contributed by atoms with Gasteiger partial charge in [0.1, 0.15) is 23.0 Å². The number of rotatable bonds is 5. The van der Waals surface area contributed by atoms with E-state index in [-0.39, 0.29) is 17.4 Å². The predicted octanol–water partition coefficient (Wildman–Crippen LogP) is 8.10. The number of para-hydroxylation sites is 1. The molecule has 0 fully saturated rings. The van der Waals surface area contributed by atoms with Gasteiger partial charge in [0.2, 0.25) is 0 Å². The molecule has 0 bridgehead atoms. The van der Waals surface area contributed by atoms with Crippen molar-refractivity contribution >= 4 is 45.3 Å². The van der Waals surface area contributed by atoms with Gasteiger partial charge in [-0.25, -0.2) is 18.7 Å². The van der Waals surface area contributed by atoms with E-state index >= 15 is 0 Å². The number of halogens is 2. The number of aryl methyl sites for hydroxylation is 1. The minimum atomic E-state index is -0.470. The third kappa shape index (κ3) is 5.03. The number of nitriles is 1. The highest BCUT2D eigenvalue weighted by Gasteiger charge is 2.28. The van der Waals surface area contributed by atoms with Crippen molar-refractivity contribution in [3.63, 3.8) is 0 Å². The maximum Gasteiger partial charge on any atom is 0.276 e. The first-order valence-electron chi connectivity index (χ1n) is 14.1. The van der Waals surface area contributed by atoms with Crippen LogP contribution in [0.3, 0.4) is 0 Å². The summed E-state index contributed by atoms with van der Waals surface area (Å²) in [7, 11) is 0. The van der Waals surface area contributed by atoms with Crippen LogP contribution in [-0.4, -0.2) is 27.4 Å². The summed E-state index contributed by atoms with van der Waals surface area (Å²) in [6.45, 7) is 6.35. The normalized spacial score (nSPS) is 12.3. The lowest BCUT2D eigenvalue weighted by Gasteiger charge is -2.23. The Labute approximate surface area is 261 Å². The molecule has 2 N–H and O–H groups in total. The Morgan fingerprint density at radius 2 is 1.96 bits per heavy atom. The molecule has 0 saturated carbocycles. The number of carbonyl (C=O) groups excluding carboxylic acids is 1. The molecule has 0 unspecified atom stereocenters. The number of fused-ring (bicyclic) bond motifs is 4. The first kappa shape index (κ1) is 28.1. The van der Waals surface area contributed by atoms with Gasteiger partial charge < -0.3 is 15.2 Å². The molecule has 1 amide bonds. The summed E-state index contributed by atoms with van der Waals surface area (Å²) in [6, 6.07) is 20.9. The standard InChI is InChI=1S/C35H24F2N6OS/c1-19-5-3-6-27(37)32(19)41-20(2)31-14-22-11-12-43(30-13-21(16-38)9-10-24(30)33(22)45-31)35(44)29-8-4-7-28(42-29)26-18-40-34-25(26)15-23(36)17-39-34/h3-10,13-15,17-18,41H,2,11-12H2,1H3,(H,39,40). The molecule has 1 aliphatic rings. The fourth-order valence-electron chi connectivity index (χ4n) is 5.61. The largest absolute Gasteiger partial charge is 0.352 e. The van der Waals surface area contributed by atoms with Crippen molar-refractivity contribution in [2.24, 2.45) is 0 Å². The molecule has 220 valence electrons. The molecule has 0 saturated heterocycles. The van der Waals surface area contributed by atoms with E-state index in [0.717, 1.165) is 32.6 Å². The number of H-pyrrole nitrogens is 1. The highest BCUT2D eigenvalue weighted by atomic mass is 32.1.